The van der Waals surface area contributed by atoms with Crippen LogP contribution in [0.25, 0.3) is 0 Å². The van der Waals surface area contributed by atoms with E-state index in [1.165, 1.54) is 0 Å². The highest BCUT2D eigenvalue weighted by atomic mass is 35.5. The monoisotopic (exact) mass is 382 g/mol. The van der Waals surface area contributed by atoms with Crippen molar-refractivity contribution in [2.24, 2.45) is 11.7 Å². The maximum absolute atomic E-state index is 13.2. The van der Waals surface area contributed by atoms with Crippen LogP contribution >= 0.6 is 12.4 Å². The Morgan fingerprint density at radius 3 is 2.21 bits per heavy atom. The van der Waals surface area contributed by atoms with E-state index in [0.29, 0.717) is 6.07 Å². The van der Waals surface area contributed by atoms with E-state index in [1.54, 1.807) is 0 Å². The summed E-state index contributed by atoms with van der Waals surface area (Å²) in [5.41, 5.74) is 3.84. The summed E-state index contributed by atoms with van der Waals surface area (Å²) in [5, 5.41) is 0. The molecule has 0 bridgehead atoms. The van der Waals surface area contributed by atoms with Crippen LogP contribution in [-0.4, -0.2) is 23.9 Å². The van der Waals surface area contributed by atoms with E-state index in [2.05, 4.69) is 9.72 Å². The van der Waals surface area contributed by atoms with Gasteiger partial charge in [0.25, 0.3) is 0 Å². The molecule has 0 aromatic carbocycles. The normalized spacial score (nSPS) is 23.5. The maximum Gasteiger partial charge on any atom is 0.436 e. The van der Waals surface area contributed by atoms with Crippen molar-refractivity contribution in [3.63, 3.8) is 0 Å². The van der Waals surface area contributed by atoms with Gasteiger partial charge in [0.05, 0.1) is 18.3 Å². The number of rotatable bonds is 2. The van der Waals surface area contributed by atoms with E-state index in [4.69, 9.17) is 5.73 Å². The van der Waals surface area contributed by atoms with Crippen molar-refractivity contribution < 1.29 is 35.5 Å². The zero-order valence-corrected chi connectivity index (χ0v) is 12.8. The van der Waals surface area contributed by atoms with Gasteiger partial charge in [-0.3, -0.25) is 0 Å². The van der Waals surface area contributed by atoms with Crippen LogP contribution in [0.4, 0.5) is 30.7 Å². The topological polar surface area (TPSA) is 48.1 Å². The molecular formula is C13H14ClF7N2O. The molecule has 2 N–H and O–H groups in total. The molecule has 1 aromatic heterocycles. The number of hydrogen-bond donors (Lipinski definition) is 1. The lowest BCUT2D eigenvalue weighted by Crippen LogP contribution is -2.40. The number of nitrogens with two attached hydrogens (primary N) is 1. The summed E-state index contributed by atoms with van der Waals surface area (Å²) in [6.07, 6.45) is -11.7. The summed E-state index contributed by atoms with van der Waals surface area (Å²) in [5.74, 6) is -2.17. The van der Waals surface area contributed by atoms with Gasteiger partial charge in [0.2, 0.25) is 0 Å². The van der Waals surface area contributed by atoms with Gasteiger partial charge in [0.15, 0.2) is 17.6 Å². The first kappa shape index (κ1) is 20.9. The first-order valence-electron chi connectivity index (χ1n) is 6.67. The lowest BCUT2D eigenvalue weighted by atomic mass is 9.89. The molecule has 24 heavy (non-hydrogen) atoms. The quantitative estimate of drug-likeness (QED) is 0.786. The number of pyridine rings is 1. The van der Waals surface area contributed by atoms with E-state index in [0.717, 1.165) is 6.07 Å². The lowest BCUT2D eigenvalue weighted by molar-refractivity contribution is -0.236. The molecule has 1 saturated heterocycles. The number of aromatic nitrogens is 1. The molecule has 2 heterocycles. The van der Waals surface area contributed by atoms with Crippen LogP contribution in [0, 0.1) is 11.7 Å². The molecule has 1 aliphatic rings. The molecule has 138 valence electrons. The van der Waals surface area contributed by atoms with Crippen LogP contribution in [-0.2, 0) is 10.9 Å². The number of halogens is 8. The molecule has 3 atom stereocenters. The highest BCUT2D eigenvalue weighted by molar-refractivity contribution is 5.85. The Hall–Kier alpha value is -1.13. The van der Waals surface area contributed by atoms with Gasteiger partial charge in [-0.05, 0) is 25.0 Å². The van der Waals surface area contributed by atoms with Gasteiger partial charge >= 0.3 is 12.4 Å². The number of ether oxygens (including phenoxy) is 1. The largest absolute Gasteiger partial charge is 0.436 e. The number of alkyl halides is 6. The average Bonchev–Trinajstić information content (AvgIpc) is 2.45. The zero-order valence-electron chi connectivity index (χ0n) is 12.0. The second-order valence-electron chi connectivity index (χ2n) is 5.29. The van der Waals surface area contributed by atoms with Crippen molar-refractivity contribution in [1.82, 2.24) is 4.98 Å². The Morgan fingerprint density at radius 2 is 1.75 bits per heavy atom. The van der Waals surface area contributed by atoms with Crippen molar-refractivity contribution in [3.05, 3.63) is 29.3 Å². The maximum atomic E-state index is 13.2. The predicted octanol–water partition coefficient (Wildman–Crippen LogP) is 4.02. The van der Waals surface area contributed by atoms with Crippen LogP contribution in [0.5, 0.6) is 0 Å². The summed E-state index contributed by atoms with van der Waals surface area (Å²) >= 11 is 0. The SMILES string of the molecule is Cl.NC(c1ccc(F)c(C(F)(F)F)n1)C1CCC(C(F)(F)F)OC1. The Morgan fingerprint density at radius 1 is 1.12 bits per heavy atom. The highest BCUT2D eigenvalue weighted by Crippen LogP contribution is 2.36. The third-order valence-electron chi connectivity index (χ3n) is 3.66. The lowest BCUT2D eigenvalue weighted by Gasteiger charge is -2.33. The summed E-state index contributed by atoms with van der Waals surface area (Å²) in [4.78, 5) is 3.18. The number of nitrogens with zero attached hydrogens (tertiary/aromatic N) is 1. The van der Waals surface area contributed by atoms with Gasteiger partial charge < -0.3 is 10.5 Å². The predicted molar refractivity (Wildman–Crippen MR) is 71.9 cm³/mol. The molecule has 1 fully saturated rings. The first-order valence-corrected chi connectivity index (χ1v) is 6.67. The molecule has 0 aliphatic carbocycles. The third kappa shape index (κ3) is 4.70. The van der Waals surface area contributed by atoms with E-state index >= 15 is 0 Å². The van der Waals surface area contributed by atoms with Crippen molar-refractivity contribution >= 4 is 12.4 Å². The Labute approximate surface area is 138 Å². The summed E-state index contributed by atoms with van der Waals surface area (Å²) in [6, 6.07) is 0.504. The smallest absolute Gasteiger partial charge is 0.368 e. The van der Waals surface area contributed by atoms with Gasteiger partial charge in [0, 0.05) is 5.92 Å². The van der Waals surface area contributed by atoms with Crippen LogP contribution in [0.2, 0.25) is 0 Å². The molecule has 1 aromatic rings. The zero-order chi connectivity index (χ0) is 17.4. The fourth-order valence-corrected chi connectivity index (χ4v) is 2.40. The van der Waals surface area contributed by atoms with Gasteiger partial charge in [-0.2, -0.15) is 26.3 Å². The Balaban J connectivity index is 0.00000288. The van der Waals surface area contributed by atoms with Crippen LogP contribution in [0.3, 0.4) is 0 Å². The second kappa shape index (κ2) is 7.40. The van der Waals surface area contributed by atoms with Crippen molar-refractivity contribution in [3.8, 4) is 0 Å². The first-order chi connectivity index (χ1) is 10.5. The van der Waals surface area contributed by atoms with E-state index < -0.39 is 41.9 Å². The Kier molecular flexibility index (Phi) is 6.45. The van der Waals surface area contributed by atoms with Crippen LogP contribution in [0.15, 0.2) is 12.1 Å². The molecule has 11 heteroatoms. The van der Waals surface area contributed by atoms with Gasteiger partial charge in [-0.15, -0.1) is 12.4 Å². The molecule has 3 unspecified atom stereocenters. The van der Waals surface area contributed by atoms with Gasteiger partial charge in [0.1, 0.15) is 0 Å². The fourth-order valence-electron chi connectivity index (χ4n) is 2.40. The second-order valence-corrected chi connectivity index (χ2v) is 5.29. The standard InChI is InChI=1S/C13H13F7N2O.ClH/c14-7-2-3-8(22-11(7)13(18,19)20)10(21)6-1-4-9(23-5-6)12(15,16)17;/h2-3,6,9-10H,1,4-5,21H2;1H. The molecule has 0 saturated carbocycles. The van der Waals surface area contributed by atoms with Gasteiger partial charge in [-0.25, -0.2) is 9.37 Å². The molecule has 2 rings (SSSR count). The van der Waals surface area contributed by atoms with Crippen LogP contribution in [0.1, 0.15) is 30.3 Å². The van der Waals surface area contributed by atoms with Crippen molar-refractivity contribution in [2.45, 2.75) is 37.3 Å². The minimum Gasteiger partial charge on any atom is -0.368 e. The van der Waals surface area contributed by atoms with E-state index in [9.17, 15) is 30.7 Å². The fraction of sp³-hybridized carbons (Fsp3) is 0.615. The molecule has 0 radical (unpaired) electrons. The molecule has 3 nitrogen and oxygen atoms in total. The van der Waals surface area contributed by atoms with E-state index in [1.807, 2.05) is 0 Å². The van der Waals surface area contributed by atoms with E-state index in [-0.39, 0.29) is 37.5 Å². The highest BCUT2D eigenvalue weighted by Gasteiger charge is 2.44. The molecule has 0 spiro atoms. The Bertz CT molecular complexity index is 556. The summed E-state index contributed by atoms with van der Waals surface area (Å²) in [6.45, 7) is -0.355. The minimum atomic E-state index is -4.98. The van der Waals surface area contributed by atoms with Gasteiger partial charge in [-0.1, -0.05) is 0 Å². The summed E-state index contributed by atoms with van der Waals surface area (Å²) in [7, 11) is 0. The number of hydrogen-bond acceptors (Lipinski definition) is 3. The minimum absolute atomic E-state index is 0. The van der Waals surface area contributed by atoms with Crippen LogP contribution < -0.4 is 5.73 Å². The summed E-state index contributed by atoms with van der Waals surface area (Å²) < 4.78 is 93.2. The molecule has 1 aliphatic heterocycles. The average molecular weight is 383 g/mol. The van der Waals surface area contributed by atoms with Crippen molar-refractivity contribution in [1.29, 1.82) is 0 Å². The molecular weight excluding hydrogens is 369 g/mol. The third-order valence-corrected chi connectivity index (χ3v) is 3.66. The molecule has 0 amide bonds. The van der Waals surface area contributed by atoms with Crippen molar-refractivity contribution in [2.75, 3.05) is 6.61 Å².